The Balaban J connectivity index is 1.56. The molecule has 0 radical (unpaired) electrons. The maximum atomic E-state index is 13.3. The van der Waals surface area contributed by atoms with Crippen molar-refractivity contribution in [2.24, 2.45) is 0 Å². The Labute approximate surface area is 200 Å². The Morgan fingerprint density at radius 3 is 2.74 bits per heavy atom. The maximum absolute atomic E-state index is 13.3. The summed E-state index contributed by atoms with van der Waals surface area (Å²) in [6.45, 7) is 1.89. The molecule has 0 aliphatic heterocycles. The van der Waals surface area contributed by atoms with Gasteiger partial charge in [0.2, 0.25) is 0 Å². The third-order valence-corrected chi connectivity index (χ3v) is 5.83. The Bertz CT molecular complexity index is 1280. The molecule has 34 heavy (non-hydrogen) atoms. The van der Waals surface area contributed by atoms with E-state index in [4.69, 9.17) is 4.74 Å². The molecular weight excluding hydrogens is 483 g/mol. The van der Waals surface area contributed by atoms with Crippen molar-refractivity contribution in [3.63, 3.8) is 0 Å². The Morgan fingerprint density at radius 1 is 1.18 bits per heavy atom. The minimum absolute atomic E-state index is 0.0405. The summed E-state index contributed by atoms with van der Waals surface area (Å²) in [6.07, 6.45) is 4.40. The van der Waals surface area contributed by atoms with Crippen LogP contribution in [0.25, 0.3) is 0 Å². The van der Waals surface area contributed by atoms with Crippen molar-refractivity contribution in [3.05, 3.63) is 60.6 Å². The molecule has 1 aromatic carbocycles. The van der Waals surface area contributed by atoms with Gasteiger partial charge < -0.3 is 10.1 Å². The number of anilines is 1. The Morgan fingerprint density at radius 2 is 2.00 bits per heavy atom. The van der Waals surface area contributed by atoms with Gasteiger partial charge in [-0.15, -0.1) is 0 Å². The van der Waals surface area contributed by atoms with E-state index < -0.39 is 11.9 Å². The first kappa shape index (κ1) is 23.4. The van der Waals surface area contributed by atoms with Gasteiger partial charge in [-0.05, 0) is 43.0 Å². The summed E-state index contributed by atoms with van der Waals surface area (Å²) in [5.74, 6) is -1.14. The van der Waals surface area contributed by atoms with Crippen LogP contribution < -0.4 is 5.32 Å². The van der Waals surface area contributed by atoms with E-state index in [1.54, 1.807) is 31.3 Å². The molecule has 11 nitrogen and oxygen atoms in total. The van der Waals surface area contributed by atoms with Gasteiger partial charge in [0.15, 0.2) is 16.7 Å². The molecule has 2 N–H and O–H groups in total. The summed E-state index contributed by atoms with van der Waals surface area (Å²) in [5.41, 5.74) is 0.0405. The van der Waals surface area contributed by atoms with Gasteiger partial charge >= 0.3 is 5.97 Å². The zero-order valence-corrected chi connectivity index (χ0v) is 19.3. The number of H-pyrrole nitrogens is 1. The fourth-order valence-electron chi connectivity index (χ4n) is 2.62. The average Bonchev–Trinajstić information content (AvgIpc) is 3.48. The highest BCUT2D eigenvalue weighted by Crippen LogP contribution is 2.31. The molecular formula is C20H17FN8O3S2. The van der Waals surface area contributed by atoms with E-state index in [-0.39, 0.29) is 30.5 Å². The van der Waals surface area contributed by atoms with Crippen molar-refractivity contribution < 1.29 is 18.7 Å². The van der Waals surface area contributed by atoms with Gasteiger partial charge in [0, 0.05) is 17.2 Å². The monoisotopic (exact) mass is 500 g/mol. The standard InChI is InChI=1S/C20H17FN8O3S2/c1-2-32-16(30)10-29-8-7-14(28-29)25-18(31)17-19(33-13-5-3-12(21)4-6-13)22-9-15(26-17)34-20-23-11-24-27-20/h3-9,11H,2,10H2,1H3,(H,23,24,27)(H,25,28,31). The number of aromatic nitrogens is 7. The maximum Gasteiger partial charge on any atom is 0.327 e. The van der Waals surface area contributed by atoms with E-state index in [9.17, 15) is 14.0 Å². The minimum Gasteiger partial charge on any atom is -0.465 e. The van der Waals surface area contributed by atoms with Crippen molar-refractivity contribution in [2.75, 3.05) is 11.9 Å². The second-order valence-corrected chi connectivity index (χ2v) is 8.54. The van der Waals surface area contributed by atoms with Crippen LogP contribution in [0.1, 0.15) is 17.4 Å². The molecule has 4 aromatic rings. The normalized spacial score (nSPS) is 10.8. The van der Waals surface area contributed by atoms with Crippen LogP contribution >= 0.6 is 23.5 Å². The quantitative estimate of drug-likeness (QED) is 0.329. The summed E-state index contributed by atoms with van der Waals surface area (Å²) >= 11 is 2.32. The molecule has 3 aromatic heterocycles. The Kier molecular flexibility index (Phi) is 7.49. The minimum atomic E-state index is -0.557. The molecule has 0 bridgehead atoms. The molecule has 0 aliphatic rings. The molecule has 0 fully saturated rings. The van der Waals surface area contributed by atoms with Crippen LogP contribution in [0, 0.1) is 5.82 Å². The van der Waals surface area contributed by atoms with Gasteiger partial charge in [0.05, 0.1) is 12.8 Å². The zero-order valence-electron chi connectivity index (χ0n) is 17.6. The van der Waals surface area contributed by atoms with E-state index in [1.807, 2.05) is 0 Å². The first-order valence-corrected chi connectivity index (χ1v) is 11.5. The van der Waals surface area contributed by atoms with Crippen molar-refractivity contribution in [3.8, 4) is 0 Å². The Hall–Kier alpha value is -3.78. The lowest BCUT2D eigenvalue weighted by molar-refractivity contribution is -0.144. The third kappa shape index (κ3) is 6.17. The van der Waals surface area contributed by atoms with Crippen molar-refractivity contribution in [2.45, 2.75) is 33.6 Å². The van der Waals surface area contributed by atoms with Crippen LogP contribution in [-0.4, -0.2) is 53.4 Å². The number of hydrogen-bond acceptors (Lipinski definition) is 10. The lowest BCUT2D eigenvalue weighted by Gasteiger charge is -2.09. The van der Waals surface area contributed by atoms with E-state index in [2.05, 4.69) is 35.6 Å². The number of amides is 1. The first-order chi connectivity index (χ1) is 16.5. The number of carbonyl (C=O) groups is 2. The SMILES string of the molecule is CCOC(=O)Cn1ccc(NC(=O)c2nc(Sc3ncn[nH]3)cnc2Sc2ccc(F)cc2)n1. The number of benzene rings is 1. The number of carbonyl (C=O) groups excluding carboxylic acids is 2. The van der Waals surface area contributed by atoms with Gasteiger partial charge in [-0.25, -0.2) is 19.3 Å². The summed E-state index contributed by atoms with van der Waals surface area (Å²) in [4.78, 5) is 38.3. The number of hydrogen-bond donors (Lipinski definition) is 2. The van der Waals surface area contributed by atoms with Crippen LogP contribution in [-0.2, 0) is 16.1 Å². The highest BCUT2D eigenvalue weighted by atomic mass is 32.2. The molecule has 4 rings (SSSR count). The van der Waals surface area contributed by atoms with Crippen LogP contribution in [0.5, 0.6) is 0 Å². The van der Waals surface area contributed by atoms with Crippen LogP contribution in [0.3, 0.4) is 0 Å². The molecule has 0 aliphatic carbocycles. The van der Waals surface area contributed by atoms with Crippen LogP contribution in [0.15, 0.2) is 69.2 Å². The molecule has 14 heteroatoms. The molecule has 0 saturated heterocycles. The topological polar surface area (TPSA) is 141 Å². The number of halogens is 1. The highest BCUT2D eigenvalue weighted by molar-refractivity contribution is 7.99. The average molecular weight is 501 g/mol. The van der Waals surface area contributed by atoms with Crippen molar-refractivity contribution in [1.29, 1.82) is 0 Å². The number of rotatable bonds is 9. The molecule has 3 heterocycles. The van der Waals surface area contributed by atoms with Crippen LogP contribution in [0.4, 0.5) is 10.2 Å². The van der Waals surface area contributed by atoms with Crippen molar-refractivity contribution in [1.82, 2.24) is 34.9 Å². The first-order valence-electron chi connectivity index (χ1n) is 9.84. The summed E-state index contributed by atoms with van der Waals surface area (Å²) in [6, 6.07) is 7.35. The van der Waals surface area contributed by atoms with Crippen LogP contribution in [0.2, 0.25) is 0 Å². The fraction of sp³-hybridized carbons (Fsp3) is 0.150. The molecule has 1 amide bonds. The van der Waals surface area contributed by atoms with E-state index in [0.717, 1.165) is 23.5 Å². The number of nitrogens with one attached hydrogen (secondary N) is 2. The molecule has 174 valence electrons. The predicted molar refractivity (Wildman–Crippen MR) is 120 cm³/mol. The summed E-state index contributed by atoms with van der Waals surface area (Å²) in [7, 11) is 0. The van der Waals surface area contributed by atoms with Crippen molar-refractivity contribution >= 4 is 41.2 Å². The van der Waals surface area contributed by atoms with E-state index in [0.29, 0.717) is 20.1 Å². The molecule has 0 saturated carbocycles. The highest BCUT2D eigenvalue weighted by Gasteiger charge is 2.19. The predicted octanol–water partition coefficient (Wildman–Crippen LogP) is 3.05. The number of aromatic amines is 1. The number of nitrogens with zero attached hydrogens (tertiary/aromatic N) is 6. The second-order valence-electron chi connectivity index (χ2n) is 6.47. The fourth-order valence-corrected chi connectivity index (χ4v) is 4.10. The second kappa shape index (κ2) is 10.9. The summed E-state index contributed by atoms with van der Waals surface area (Å²) < 4.78 is 19.5. The lowest BCUT2D eigenvalue weighted by atomic mass is 10.3. The van der Waals surface area contributed by atoms with Gasteiger partial charge in [-0.1, -0.05) is 11.8 Å². The molecule has 0 unspecified atom stereocenters. The number of ether oxygens (including phenoxy) is 1. The third-order valence-electron chi connectivity index (χ3n) is 4.03. The molecule has 0 spiro atoms. The smallest absolute Gasteiger partial charge is 0.327 e. The summed E-state index contributed by atoms with van der Waals surface area (Å²) in [5, 5.41) is 14.5. The van der Waals surface area contributed by atoms with Gasteiger partial charge in [-0.2, -0.15) is 10.2 Å². The van der Waals surface area contributed by atoms with Gasteiger partial charge in [0.25, 0.3) is 5.91 Å². The largest absolute Gasteiger partial charge is 0.465 e. The van der Waals surface area contributed by atoms with Gasteiger partial charge in [0.1, 0.15) is 28.7 Å². The molecule has 0 atom stereocenters. The van der Waals surface area contributed by atoms with E-state index >= 15 is 0 Å². The van der Waals surface area contributed by atoms with E-state index in [1.165, 1.54) is 29.3 Å². The number of esters is 1. The lowest BCUT2D eigenvalue weighted by Crippen LogP contribution is -2.17. The van der Waals surface area contributed by atoms with Gasteiger partial charge in [-0.3, -0.25) is 19.4 Å². The zero-order chi connectivity index (χ0) is 23.9.